The van der Waals surface area contributed by atoms with Gasteiger partial charge in [-0.25, -0.2) is 8.42 Å². The van der Waals surface area contributed by atoms with Crippen molar-refractivity contribution in [1.82, 2.24) is 14.2 Å². The Morgan fingerprint density at radius 3 is 2.55 bits per heavy atom. The molecule has 1 unspecified atom stereocenters. The summed E-state index contributed by atoms with van der Waals surface area (Å²) in [6.45, 7) is 5.47. The number of carbonyl (C=O) groups excluding carboxylic acids is 1. The molecular formula is C21H31N3O4S. The Bertz CT molecular complexity index is 843. The number of ether oxygens (including phenoxy) is 1. The molecule has 160 valence electrons. The maximum atomic E-state index is 12.8. The molecule has 0 bridgehead atoms. The van der Waals surface area contributed by atoms with Crippen LogP contribution in [0.1, 0.15) is 61.5 Å². The minimum Gasteiger partial charge on any atom is -0.375 e. The van der Waals surface area contributed by atoms with E-state index in [-0.39, 0.29) is 29.3 Å². The Balaban J connectivity index is 1.42. The first-order valence-corrected chi connectivity index (χ1v) is 12.3. The minimum atomic E-state index is -3.21. The molecule has 1 aromatic rings. The van der Waals surface area contributed by atoms with E-state index in [1.165, 1.54) is 0 Å². The van der Waals surface area contributed by atoms with E-state index in [1.54, 1.807) is 17.4 Å². The molecular weight excluding hydrogens is 390 g/mol. The van der Waals surface area contributed by atoms with Gasteiger partial charge in [-0.05, 0) is 64.5 Å². The number of aryl methyl sites for hydroxylation is 1. The number of sulfonamides is 1. The van der Waals surface area contributed by atoms with Crippen LogP contribution in [0.25, 0.3) is 0 Å². The van der Waals surface area contributed by atoms with Crippen molar-refractivity contribution in [3.8, 4) is 0 Å². The van der Waals surface area contributed by atoms with Crippen LogP contribution in [0.5, 0.6) is 0 Å². The largest absolute Gasteiger partial charge is 0.375 e. The monoisotopic (exact) mass is 421 g/mol. The lowest BCUT2D eigenvalue weighted by molar-refractivity contribution is -0.123. The van der Waals surface area contributed by atoms with Gasteiger partial charge in [0.15, 0.2) is 0 Å². The Labute approximate surface area is 173 Å². The number of rotatable bonds is 5. The van der Waals surface area contributed by atoms with Crippen LogP contribution in [-0.4, -0.2) is 71.6 Å². The second-order valence-electron chi connectivity index (χ2n) is 8.62. The molecule has 0 aromatic carbocycles. The first kappa shape index (κ1) is 20.8. The molecule has 2 saturated heterocycles. The standard InChI is InChI=1S/C21H31N3O4S/c1-3-29(26,27)24(18-6-7-18)19-8-13-28-21(14-19)9-11-23(12-10-21)20(25)17-5-4-16(2)22-15-17/h4-5,15,18-19H,3,6-14H2,1-2H3. The summed E-state index contributed by atoms with van der Waals surface area (Å²) in [4.78, 5) is 18.9. The number of nitrogens with zero attached hydrogens (tertiary/aromatic N) is 3. The van der Waals surface area contributed by atoms with Gasteiger partial charge in [0.05, 0.1) is 16.9 Å². The maximum absolute atomic E-state index is 12.8. The van der Waals surface area contributed by atoms with Crippen molar-refractivity contribution < 1.29 is 17.9 Å². The molecule has 1 saturated carbocycles. The topological polar surface area (TPSA) is 79.8 Å². The van der Waals surface area contributed by atoms with Crippen LogP contribution < -0.4 is 0 Å². The summed E-state index contributed by atoms with van der Waals surface area (Å²) in [5, 5.41) is 0. The summed E-state index contributed by atoms with van der Waals surface area (Å²) >= 11 is 0. The molecule has 3 aliphatic rings. The molecule has 29 heavy (non-hydrogen) atoms. The Morgan fingerprint density at radius 2 is 1.97 bits per heavy atom. The fourth-order valence-electron chi connectivity index (χ4n) is 4.69. The van der Waals surface area contributed by atoms with E-state index in [0.29, 0.717) is 25.3 Å². The van der Waals surface area contributed by atoms with Crippen LogP contribution in [0.3, 0.4) is 0 Å². The molecule has 1 atom stereocenters. The van der Waals surface area contributed by atoms with E-state index < -0.39 is 10.0 Å². The molecule has 1 amide bonds. The number of likely N-dealkylation sites (tertiary alicyclic amines) is 1. The van der Waals surface area contributed by atoms with Crippen molar-refractivity contribution in [2.45, 2.75) is 70.1 Å². The fraction of sp³-hybridized carbons (Fsp3) is 0.714. The van der Waals surface area contributed by atoms with Gasteiger partial charge >= 0.3 is 0 Å². The van der Waals surface area contributed by atoms with Crippen molar-refractivity contribution in [2.24, 2.45) is 0 Å². The lowest BCUT2D eigenvalue weighted by Crippen LogP contribution is -2.56. The number of carbonyl (C=O) groups is 1. The Morgan fingerprint density at radius 1 is 1.24 bits per heavy atom. The van der Waals surface area contributed by atoms with Gasteiger partial charge in [-0.3, -0.25) is 9.78 Å². The molecule has 2 aliphatic heterocycles. The second kappa shape index (κ2) is 7.96. The van der Waals surface area contributed by atoms with Gasteiger partial charge in [0.1, 0.15) is 0 Å². The summed E-state index contributed by atoms with van der Waals surface area (Å²) in [6.07, 6.45) is 6.57. The van der Waals surface area contributed by atoms with Gasteiger partial charge in [0.25, 0.3) is 5.91 Å². The van der Waals surface area contributed by atoms with E-state index in [9.17, 15) is 13.2 Å². The highest BCUT2D eigenvalue weighted by Crippen LogP contribution is 2.41. The molecule has 1 aromatic heterocycles. The highest BCUT2D eigenvalue weighted by atomic mass is 32.2. The lowest BCUT2D eigenvalue weighted by Gasteiger charge is -2.48. The highest BCUT2D eigenvalue weighted by molar-refractivity contribution is 7.89. The predicted octanol–water partition coefficient (Wildman–Crippen LogP) is 2.36. The molecule has 3 heterocycles. The van der Waals surface area contributed by atoms with Crippen LogP contribution in [0.4, 0.5) is 0 Å². The number of aromatic nitrogens is 1. The van der Waals surface area contributed by atoms with Gasteiger partial charge in [0.2, 0.25) is 10.0 Å². The summed E-state index contributed by atoms with van der Waals surface area (Å²) in [7, 11) is -3.21. The molecule has 7 nitrogen and oxygen atoms in total. The van der Waals surface area contributed by atoms with Gasteiger partial charge in [-0.2, -0.15) is 4.31 Å². The zero-order valence-corrected chi connectivity index (χ0v) is 18.2. The summed E-state index contributed by atoms with van der Waals surface area (Å²) in [5.41, 5.74) is 1.19. The van der Waals surface area contributed by atoms with Crippen molar-refractivity contribution in [1.29, 1.82) is 0 Å². The Kier molecular flexibility index (Phi) is 5.70. The molecule has 1 aliphatic carbocycles. The third kappa shape index (κ3) is 4.34. The molecule has 0 N–H and O–H groups in total. The number of piperidine rings is 1. The van der Waals surface area contributed by atoms with Crippen molar-refractivity contribution >= 4 is 15.9 Å². The molecule has 8 heteroatoms. The first-order valence-electron chi connectivity index (χ1n) is 10.7. The van der Waals surface area contributed by atoms with Gasteiger partial charge in [-0.1, -0.05) is 0 Å². The van der Waals surface area contributed by atoms with Gasteiger partial charge in [0, 0.05) is 43.7 Å². The number of pyridine rings is 1. The van der Waals surface area contributed by atoms with E-state index in [4.69, 9.17) is 4.74 Å². The van der Waals surface area contributed by atoms with E-state index in [0.717, 1.165) is 44.2 Å². The summed E-state index contributed by atoms with van der Waals surface area (Å²) in [5.74, 6) is 0.161. The smallest absolute Gasteiger partial charge is 0.255 e. The minimum absolute atomic E-state index is 0.00729. The molecule has 1 spiro atoms. The van der Waals surface area contributed by atoms with Crippen LogP contribution in [0.2, 0.25) is 0 Å². The predicted molar refractivity (Wildman–Crippen MR) is 110 cm³/mol. The third-order valence-electron chi connectivity index (χ3n) is 6.54. The Hall–Kier alpha value is -1.51. The second-order valence-corrected chi connectivity index (χ2v) is 10.8. The summed E-state index contributed by atoms with van der Waals surface area (Å²) in [6, 6.07) is 3.87. The molecule has 4 rings (SSSR count). The zero-order valence-electron chi connectivity index (χ0n) is 17.3. The zero-order chi connectivity index (χ0) is 20.6. The number of amides is 1. The first-order chi connectivity index (χ1) is 13.8. The van der Waals surface area contributed by atoms with E-state index in [2.05, 4.69) is 4.98 Å². The number of hydrogen-bond acceptors (Lipinski definition) is 5. The average molecular weight is 422 g/mol. The highest BCUT2D eigenvalue weighted by Gasteiger charge is 2.48. The SMILES string of the molecule is CCS(=O)(=O)N(C1CC1)C1CCOC2(CCN(C(=O)c3ccc(C)nc3)CC2)C1. The lowest BCUT2D eigenvalue weighted by atomic mass is 9.82. The van der Waals surface area contributed by atoms with Gasteiger partial charge < -0.3 is 9.64 Å². The van der Waals surface area contributed by atoms with Crippen molar-refractivity contribution in [3.05, 3.63) is 29.6 Å². The average Bonchev–Trinajstić information content (AvgIpc) is 3.54. The molecule has 0 radical (unpaired) electrons. The van der Waals surface area contributed by atoms with Crippen molar-refractivity contribution in [2.75, 3.05) is 25.4 Å². The fourth-order valence-corrected chi connectivity index (χ4v) is 6.29. The summed E-state index contributed by atoms with van der Waals surface area (Å²) < 4.78 is 33.4. The quantitative estimate of drug-likeness (QED) is 0.729. The van der Waals surface area contributed by atoms with Crippen molar-refractivity contribution in [3.63, 3.8) is 0 Å². The van der Waals surface area contributed by atoms with Gasteiger partial charge in [-0.15, -0.1) is 0 Å². The van der Waals surface area contributed by atoms with E-state index in [1.807, 2.05) is 24.0 Å². The van der Waals surface area contributed by atoms with Crippen LogP contribution in [-0.2, 0) is 14.8 Å². The number of hydrogen-bond donors (Lipinski definition) is 0. The van der Waals surface area contributed by atoms with Crippen LogP contribution in [0.15, 0.2) is 18.3 Å². The van der Waals surface area contributed by atoms with Crippen LogP contribution in [0, 0.1) is 6.92 Å². The van der Waals surface area contributed by atoms with E-state index >= 15 is 0 Å². The third-order valence-corrected chi connectivity index (χ3v) is 8.51. The van der Waals surface area contributed by atoms with Crippen LogP contribution >= 0.6 is 0 Å². The normalized spacial score (nSPS) is 24.8. The molecule has 3 fully saturated rings. The maximum Gasteiger partial charge on any atom is 0.255 e.